The van der Waals surface area contributed by atoms with E-state index in [-0.39, 0.29) is 29.6 Å². The summed E-state index contributed by atoms with van der Waals surface area (Å²) in [7, 11) is 0. The fourth-order valence-corrected chi connectivity index (χ4v) is 4.49. The summed E-state index contributed by atoms with van der Waals surface area (Å²) in [5.41, 5.74) is 0.0714. The molecule has 9 heteroatoms. The van der Waals surface area contributed by atoms with E-state index in [1.807, 2.05) is 11.0 Å². The van der Waals surface area contributed by atoms with Crippen molar-refractivity contribution in [3.8, 4) is 11.6 Å². The molecular formula is C26H21F2N3O4. The third-order valence-corrected chi connectivity index (χ3v) is 6.16. The lowest BCUT2D eigenvalue weighted by Gasteiger charge is -2.27. The van der Waals surface area contributed by atoms with Crippen molar-refractivity contribution >= 4 is 22.6 Å². The van der Waals surface area contributed by atoms with Crippen molar-refractivity contribution < 1.29 is 23.4 Å². The van der Waals surface area contributed by atoms with Gasteiger partial charge in [0.25, 0.3) is 0 Å². The summed E-state index contributed by atoms with van der Waals surface area (Å²) in [4.78, 5) is 30.3. The molecule has 1 aliphatic heterocycles. The van der Waals surface area contributed by atoms with E-state index in [0.29, 0.717) is 24.2 Å². The summed E-state index contributed by atoms with van der Waals surface area (Å²) in [6.45, 7) is 0.652. The van der Waals surface area contributed by atoms with E-state index >= 15 is 4.39 Å². The molecule has 178 valence electrons. The number of anilines is 1. The molecule has 3 heterocycles. The lowest BCUT2D eigenvalue weighted by Crippen LogP contribution is -2.35. The number of carboxylic acid groups (broad SMARTS) is 1. The second-order valence-electron chi connectivity index (χ2n) is 8.29. The Hall–Kier alpha value is -4.27. The lowest BCUT2D eigenvalue weighted by molar-refractivity contribution is 0.0695. The standard InChI is InChI=1S/C26H21F2N3O4/c27-20-9-4-10-29-25(20)35-15-17-8-5-11-30(17)23-13-22-18(12-21(23)28)24(32)19(26(33)34)14-31(22)16-6-2-1-3-7-16/h1-4,6-7,9-10,12-14,17H,5,8,11,15H2,(H,33,34)/t17-/m1/s1. The Bertz CT molecular complexity index is 1470. The Morgan fingerprint density at radius 1 is 1.11 bits per heavy atom. The summed E-state index contributed by atoms with van der Waals surface area (Å²) >= 11 is 0. The van der Waals surface area contributed by atoms with Crippen LogP contribution in [0.5, 0.6) is 5.88 Å². The number of pyridine rings is 2. The minimum Gasteiger partial charge on any atom is -0.477 e. The van der Waals surface area contributed by atoms with Gasteiger partial charge in [-0.15, -0.1) is 0 Å². The van der Waals surface area contributed by atoms with Gasteiger partial charge in [-0.25, -0.2) is 18.6 Å². The summed E-state index contributed by atoms with van der Waals surface area (Å²) in [5, 5.41) is 9.51. The average molecular weight is 477 g/mol. The number of hydrogen-bond donors (Lipinski definition) is 1. The van der Waals surface area contributed by atoms with Gasteiger partial charge in [0.05, 0.1) is 17.2 Å². The first-order valence-corrected chi connectivity index (χ1v) is 11.1. The number of rotatable bonds is 6. The molecule has 2 aromatic carbocycles. The zero-order chi connectivity index (χ0) is 24.5. The molecule has 0 radical (unpaired) electrons. The molecule has 1 atom stereocenters. The van der Waals surface area contributed by atoms with E-state index in [4.69, 9.17) is 4.74 Å². The quantitative estimate of drug-likeness (QED) is 0.443. The number of aromatic carboxylic acids is 1. The topological polar surface area (TPSA) is 84.7 Å². The molecule has 1 fully saturated rings. The number of ether oxygens (including phenoxy) is 1. The number of carbonyl (C=O) groups is 1. The third-order valence-electron chi connectivity index (χ3n) is 6.16. The Morgan fingerprint density at radius 2 is 1.91 bits per heavy atom. The highest BCUT2D eigenvalue weighted by atomic mass is 19.1. The fraction of sp³-hybridized carbons (Fsp3) is 0.192. The maximum absolute atomic E-state index is 15.4. The summed E-state index contributed by atoms with van der Waals surface area (Å²) < 4.78 is 36.4. The molecular weight excluding hydrogens is 456 g/mol. The van der Waals surface area contributed by atoms with Crippen LogP contribution in [0.25, 0.3) is 16.6 Å². The lowest BCUT2D eigenvalue weighted by atomic mass is 10.1. The van der Waals surface area contributed by atoms with Crippen molar-refractivity contribution in [2.75, 3.05) is 18.1 Å². The van der Waals surface area contributed by atoms with Gasteiger partial charge in [0.2, 0.25) is 11.3 Å². The molecule has 0 spiro atoms. The molecule has 7 nitrogen and oxygen atoms in total. The van der Waals surface area contributed by atoms with Crippen molar-refractivity contribution in [2.24, 2.45) is 0 Å². The number of hydrogen-bond acceptors (Lipinski definition) is 5. The first-order chi connectivity index (χ1) is 16.9. The van der Waals surface area contributed by atoms with E-state index in [0.717, 1.165) is 12.5 Å². The smallest absolute Gasteiger partial charge is 0.341 e. The van der Waals surface area contributed by atoms with E-state index in [2.05, 4.69) is 4.98 Å². The largest absolute Gasteiger partial charge is 0.477 e. The molecule has 5 rings (SSSR count). The second kappa shape index (κ2) is 9.17. The number of aromatic nitrogens is 2. The van der Waals surface area contributed by atoms with Gasteiger partial charge < -0.3 is 19.3 Å². The predicted octanol–water partition coefficient (Wildman–Crippen LogP) is 4.41. The maximum atomic E-state index is 15.4. The minimum absolute atomic E-state index is 0.0300. The van der Waals surface area contributed by atoms with Crippen LogP contribution < -0.4 is 15.1 Å². The molecule has 4 aromatic rings. The highest BCUT2D eigenvalue weighted by Gasteiger charge is 2.29. The van der Waals surface area contributed by atoms with Gasteiger partial charge in [-0.1, -0.05) is 18.2 Å². The normalized spacial score (nSPS) is 15.5. The molecule has 1 N–H and O–H groups in total. The van der Waals surface area contributed by atoms with Crippen molar-refractivity contribution in [2.45, 2.75) is 18.9 Å². The van der Waals surface area contributed by atoms with Gasteiger partial charge >= 0.3 is 5.97 Å². The summed E-state index contributed by atoms with van der Waals surface area (Å²) in [6.07, 6.45) is 4.18. The number of nitrogens with zero attached hydrogens (tertiary/aromatic N) is 3. The minimum atomic E-state index is -1.38. The van der Waals surface area contributed by atoms with Gasteiger partial charge in [0.1, 0.15) is 18.0 Å². The highest BCUT2D eigenvalue weighted by molar-refractivity contribution is 5.94. The second-order valence-corrected chi connectivity index (χ2v) is 8.29. The van der Waals surface area contributed by atoms with Crippen LogP contribution in [-0.2, 0) is 0 Å². The zero-order valence-electron chi connectivity index (χ0n) is 18.5. The van der Waals surface area contributed by atoms with Crippen molar-refractivity contribution in [3.63, 3.8) is 0 Å². The first kappa shape index (κ1) is 22.5. The number of benzene rings is 2. The molecule has 0 aliphatic carbocycles. The monoisotopic (exact) mass is 477 g/mol. The molecule has 2 aromatic heterocycles. The SMILES string of the molecule is O=C(O)c1cn(-c2ccccc2)c2cc(N3CCC[C@@H]3COc3ncccc3F)c(F)cc2c1=O. The average Bonchev–Trinajstić information content (AvgIpc) is 3.32. The number of carboxylic acids is 1. The fourth-order valence-electron chi connectivity index (χ4n) is 4.49. The molecule has 1 aliphatic rings. The highest BCUT2D eigenvalue weighted by Crippen LogP contribution is 2.32. The number of halogens is 2. The van der Waals surface area contributed by atoms with Crippen LogP contribution in [0, 0.1) is 11.6 Å². The van der Waals surface area contributed by atoms with E-state index in [1.165, 1.54) is 24.5 Å². The first-order valence-electron chi connectivity index (χ1n) is 11.1. The van der Waals surface area contributed by atoms with Gasteiger partial charge in [-0.3, -0.25) is 4.79 Å². The molecule has 0 amide bonds. The van der Waals surface area contributed by atoms with Crippen LogP contribution in [0.4, 0.5) is 14.5 Å². The van der Waals surface area contributed by atoms with Crippen LogP contribution in [0.2, 0.25) is 0 Å². The molecule has 0 bridgehead atoms. The predicted molar refractivity (Wildman–Crippen MR) is 127 cm³/mol. The van der Waals surface area contributed by atoms with E-state index in [1.54, 1.807) is 34.9 Å². The van der Waals surface area contributed by atoms with Gasteiger partial charge in [-0.05, 0) is 49.2 Å². The van der Waals surface area contributed by atoms with Gasteiger partial charge in [-0.2, -0.15) is 0 Å². The molecule has 1 saturated heterocycles. The Labute approximate surface area is 198 Å². The van der Waals surface area contributed by atoms with Crippen LogP contribution in [0.1, 0.15) is 23.2 Å². The van der Waals surface area contributed by atoms with Crippen LogP contribution >= 0.6 is 0 Å². The molecule has 0 saturated carbocycles. The molecule has 35 heavy (non-hydrogen) atoms. The van der Waals surface area contributed by atoms with Crippen molar-refractivity contribution in [3.05, 3.63) is 94.4 Å². The van der Waals surface area contributed by atoms with Crippen LogP contribution in [-0.4, -0.2) is 39.8 Å². The Morgan fingerprint density at radius 3 is 2.66 bits per heavy atom. The van der Waals surface area contributed by atoms with E-state index < -0.39 is 28.6 Å². The summed E-state index contributed by atoms with van der Waals surface area (Å²) in [6, 6.07) is 14.1. The third kappa shape index (κ3) is 4.21. The van der Waals surface area contributed by atoms with Crippen LogP contribution in [0.15, 0.2) is 71.8 Å². The summed E-state index contributed by atoms with van der Waals surface area (Å²) in [5.74, 6) is -2.72. The number of fused-ring (bicyclic) bond motifs is 1. The van der Waals surface area contributed by atoms with Crippen molar-refractivity contribution in [1.29, 1.82) is 0 Å². The van der Waals surface area contributed by atoms with Gasteiger partial charge in [0.15, 0.2) is 5.82 Å². The Balaban J connectivity index is 1.58. The maximum Gasteiger partial charge on any atom is 0.341 e. The van der Waals surface area contributed by atoms with Gasteiger partial charge in [0, 0.05) is 30.0 Å². The van der Waals surface area contributed by atoms with E-state index in [9.17, 15) is 19.1 Å². The molecule has 0 unspecified atom stereocenters. The number of para-hydroxylation sites is 1. The Kier molecular flexibility index (Phi) is 5.90. The van der Waals surface area contributed by atoms with Crippen molar-refractivity contribution in [1.82, 2.24) is 9.55 Å². The van der Waals surface area contributed by atoms with Crippen LogP contribution in [0.3, 0.4) is 0 Å². The zero-order valence-corrected chi connectivity index (χ0v) is 18.5.